The second kappa shape index (κ2) is 14.0. The monoisotopic (exact) mass is 622 g/mol. The number of H-pyrrole nitrogens is 1. The maximum atomic E-state index is 13.6. The van der Waals surface area contributed by atoms with Crippen LogP contribution in [0.2, 0.25) is 0 Å². The number of aryl methyl sites for hydroxylation is 2. The first-order chi connectivity index (χ1) is 23.1. The van der Waals surface area contributed by atoms with Gasteiger partial charge in [-0.05, 0) is 48.6 Å². The van der Waals surface area contributed by atoms with Gasteiger partial charge in [0.25, 0.3) is 0 Å². The summed E-state index contributed by atoms with van der Waals surface area (Å²) in [5.41, 5.74) is 5.71. The van der Waals surface area contributed by atoms with Gasteiger partial charge in [0, 0.05) is 41.1 Å². The van der Waals surface area contributed by atoms with E-state index in [2.05, 4.69) is 44.5 Å². The van der Waals surface area contributed by atoms with Crippen LogP contribution >= 0.6 is 0 Å². The van der Waals surface area contributed by atoms with Gasteiger partial charge in [-0.25, -0.2) is 0 Å². The molecule has 7 rings (SSSR count). The van der Waals surface area contributed by atoms with Gasteiger partial charge in [0.2, 0.25) is 5.91 Å². The Morgan fingerprint density at radius 1 is 0.809 bits per heavy atom. The van der Waals surface area contributed by atoms with E-state index in [9.17, 15) is 9.59 Å². The number of fused-ring (bicyclic) bond motifs is 1. The molecule has 47 heavy (non-hydrogen) atoms. The highest BCUT2D eigenvalue weighted by Gasteiger charge is 2.29. The van der Waals surface area contributed by atoms with Crippen molar-refractivity contribution in [3.05, 3.63) is 155 Å². The van der Waals surface area contributed by atoms with Crippen LogP contribution in [0, 0.1) is 0 Å². The molecule has 0 saturated carbocycles. The molecule has 1 aliphatic heterocycles. The maximum Gasteiger partial charge on any atom is 0.237 e. The van der Waals surface area contributed by atoms with Gasteiger partial charge in [-0.15, -0.1) is 10.2 Å². The standard InChI is InChI=1S/C39H38N6O2/c46-37(29-12-5-2-6-13-29)30-20-17-28(18-21-30)26-45-36(22-19-27-10-3-1-4-11-27)43-44-38(45)35(42-39(47)34-16-9-23-40-34)24-31-25-41-33-15-8-7-14-32(31)33/h1-8,10-15,17-18,20-21,25,34-35,40-41H,9,16,19,22-24,26H2,(H,42,47)/t34?,35-/m1/s1. The summed E-state index contributed by atoms with van der Waals surface area (Å²) in [7, 11) is 0. The van der Waals surface area contributed by atoms with Crippen molar-refractivity contribution >= 4 is 22.6 Å². The predicted molar refractivity (Wildman–Crippen MR) is 183 cm³/mol. The molecule has 0 aliphatic carbocycles. The summed E-state index contributed by atoms with van der Waals surface area (Å²) in [5, 5.41) is 17.3. The van der Waals surface area contributed by atoms with Crippen LogP contribution in [0.5, 0.6) is 0 Å². The smallest absolute Gasteiger partial charge is 0.237 e. The number of carbonyl (C=O) groups excluding carboxylic acids is 2. The fourth-order valence-electron chi connectivity index (χ4n) is 6.47. The van der Waals surface area contributed by atoms with E-state index in [4.69, 9.17) is 10.2 Å². The van der Waals surface area contributed by atoms with Crippen LogP contribution in [0.25, 0.3) is 10.9 Å². The SMILES string of the molecule is O=C(c1ccccc1)c1ccc(Cn2c(CCc3ccccc3)nnc2[C@@H](Cc2c[nH]c3ccccc23)NC(=O)C2CCCN2)cc1. The van der Waals surface area contributed by atoms with Gasteiger partial charge in [-0.2, -0.15) is 0 Å². The number of aromatic amines is 1. The molecule has 6 aromatic rings. The number of amides is 1. The van der Waals surface area contributed by atoms with Gasteiger partial charge < -0.3 is 20.2 Å². The minimum absolute atomic E-state index is 0.00675. The first kappa shape index (κ1) is 30.3. The molecule has 3 N–H and O–H groups in total. The predicted octanol–water partition coefficient (Wildman–Crippen LogP) is 5.98. The van der Waals surface area contributed by atoms with Gasteiger partial charge in [0.1, 0.15) is 5.82 Å². The van der Waals surface area contributed by atoms with Crippen molar-refractivity contribution in [3.8, 4) is 0 Å². The van der Waals surface area contributed by atoms with E-state index in [-0.39, 0.29) is 17.7 Å². The molecule has 2 aromatic heterocycles. The Morgan fingerprint density at radius 2 is 1.53 bits per heavy atom. The first-order valence-corrected chi connectivity index (χ1v) is 16.4. The molecule has 0 radical (unpaired) electrons. The largest absolute Gasteiger partial charge is 0.361 e. The summed E-state index contributed by atoms with van der Waals surface area (Å²) >= 11 is 0. The minimum atomic E-state index is -0.402. The molecule has 1 unspecified atom stereocenters. The molecule has 0 spiro atoms. The molecule has 4 aromatic carbocycles. The number of carbonyl (C=O) groups is 2. The van der Waals surface area contributed by atoms with Crippen molar-refractivity contribution in [1.29, 1.82) is 0 Å². The average Bonchev–Trinajstić information content (AvgIpc) is 3.89. The second-order valence-electron chi connectivity index (χ2n) is 12.2. The zero-order valence-electron chi connectivity index (χ0n) is 26.2. The van der Waals surface area contributed by atoms with Crippen LogP contribution in [-0.2, 0) is 30.6 Å². The zero-order valence-corrected chi connectivity index (χ0v) is 26.2. The fraction of sp³-hybridized carbons (Fsp3) is 0.231. The summed E-state index contributed by atoms with van der Waals surface area (Å²) in [5.74, 6) is 1.55. The molecule has 3 heterocycles. The highest BCUT2D eigenvalue weighted by atomic mass is 16.2. The first-order valence-electron chi connectivity index (χ1n) is 16.4. The number of rotatable bonds is 12. The van der Waals surface area contributed by atoms with E-state index >= 15 is 0 Å². The number of nitrogens with one attached hydrogen (secondary N) is 3. The fourth-order valence-corrected chi connectivity index (χ4v) is 6.47. The lowest BCUT2D eigenvalue weighted by atomic mass is 10.0. The van der Waals surface area contributed by atoms with Crippen molar-refractivity contribution in [2.75, 3.05) is 6.54 Å². The van der Waals surface area contributed by atoms with Gasteiger partial charge in [0.15, 0.2) is 11.6 Å². The third-order valence-corrected chi connectivity index (χ3v) is 9.03. The summed E-state index contributed by atoms with van der Waals surface area (Å²) in [6.45, 7) is 1.35. The van der Waals surface area contributed by atoms with Crippen LogP contribution in [0.4, 0.5) is 0 Å². The van der Waals surface area contributed by atoms with Gasteiger partial charge >= 0.3 is 0 Å². The molecule has 8 heteroatoms. The Bertz CT molecular complexity index is 1960. The molecular formula is C39H38N6O2. The molecular weight excluding hydrogens is 584 g/mol. The lowest BCUT2D eigenvalue weighted by Gasteiger charge is -2.22. The highest BCUT2D eigenvalue weighted by Crippen LogP contribution is 2.26. The Morgan fingerprint density at radius 3 is 2.30 bits per heavy atom. The van der Waals surface area contributed by atoms with E-state index in [0.717, 1.165) is 53.7 Å². The third kappa shape index (κ3) is 6.93. The van der Waals surface area contributed by atoms with Crippen LogP contribution in [0.1, 0.15) is 63.1 Å². The molecule has 1 aliphatic rings. The Kier molecular flexibility index (Phi) is 9.01. The topological polar surface area (TPSA) is 105 Å². The van der Waals surface area contributed by atoms with Gasteiger partial charge in [0.05, 0.1) is 18.6 Å². The van der Waals surface area contributed by atoms with Crippen molar-refractivity contribution in [2.24, 2.45) is 0 Å². The van der Waals surface area contributed by atoms with E-state index in [1.54, 1.807) is 0 Å². The Hall–Kier alpha value is -5.34. The molecule has 0 bridgehead atoms. The normalized spacial score (nSPS) is 15.1. The summed E-state index contributed by atoms with van der Waals surface area (Å²) in [6.07, 6.45) is 5.89. The number of benzene rings is 4. The van der Waals surface area contributed by atoms with Crippen LogP contribution in [0.3, 0.4) is 0 Å². The number of nitrogens with zero attached hydrogens (tertiary/aromatic N) is 3. The van der Waals surface area contributed by atoms with Crippen molar-refractivity contribution in [1.82, 2.24) is 30.4 Å². The molecule has 1 fully saturated rings. The maximum absolute atomic E-state index is 13.6. The lowest BCUT2D eigenvalue weighted by Crippen LogP contribution is -2.43. The molecule has 1 saturated heterocycles. The molecule has 1 amide bonds. The summed E-state index contributed by atoms with van der Waals surface area (Å²) in [4.78, 5) is 30.0. The van der Waals surface area contributed by atoms with E-state index in [1.165, 1.54) is 5.56 Å². The van der Waals surface area contributed by atoms with Crippen LogP contribution in [-0.4, -0.2) is 44.0 Å². The molecule has 236 valence electrons. The summed E-state index contributed by atoms with van der Waals surface area (Å²) < 4.78 is 2.15. The quantitative estimate of drug-likeness (QED) is 0.146. The Labute approximate surface area is 274 Å². The lowest BCUT2D eigenvalue weighted by molar-refractivity contribution is -0.123. The summed E-state index contributed by atoms with van der Waals surface area (Å²) in [6, 6.07) is 35.1. The average molecular weight is 623 g/mol. The zero-order chi connectivity index (χ0) is 32.0. The van der Waals surface area contributed by atoms with Gasteiger partial charge in [-0.3, -0.25) is 9.59 Å². The number of ketones is 1. The van der Waals surface area contributed by atoms with Crippen molar-refractivity contribution in [2.45, 2.75) is 50.7 Å². The second-order valence-corrected chi connectivity index (χ2v) is 12.2. The molecule has 2 atom stereocenters. The molecule has 8 nitrogen and oxygen atoms in total. The highest BCUT2D eigenvalue weighted by molar-refractivity contribution is 6.08. The van der Waals surface area contributed by atoms with Crippen molar-refractivity contribution in [3.63, 3.8) is 0 Å². The van der Waals surface area contributed by atoms with Gasteiger partial charge in [-0.1, -0.05) is 103 Å². The van der Waals surface area contributed by atoms with Crippen LogP contribution < -0.4 is 10.6 Å². The number of para-hydroxylation sites is 1. The third-order valence-electron chi connectivity index (χ3n) is 9.03. The number of hydrogen-bond donors (Lipinski definition) is 3. The Balaban J connectivity index is 1.22. The minimum Gasteiger partial charge on any atom is -0.361 e. The number of aromatic nitrogens is 4. The van der Waals surface area contributed by atoms with E-state index in [1.807, 2.05) is 91.1 Å². The van der Waals surface area contributed by atoms with Crippen LogP contribution in [0.15, 0.2) is 115 Å². The van der Waals surface area contributed by atoms with E-state index < -0.39 is 6.04 Å². The number of hydrogen-bond acceptors (Lipinski definition) is 5. The van der Waals surface area contributed by atoms with E-state index in [0.29, 0.717) is 36.3 Å². The van der Waals surface area contributed by atoms with Crippen molar-refractivity contribution < 1.29 is 9.59 Å².